The minimum absolute atomic E-state index is 0.0404. The van der Waals surface area contributed by atoms with Gasteiger partial charge in [-0.25, -0.2) is 14.2 Å². The van der Waals surface area contributed by atoms with Gasteiger partial charge in [-0.2, -0.15) is 0 Å². The summed E-state index contributed by atoms with van der Waals surface area (Å²) in [5.41, 5.74) is -1.48. The van der Waals surface area contributed by atoms with Crippen LogP contribution < -0.4 is 16.0 Å². The van der Waals surface area contributed by atoms with Gasteiger partial charge in [0, 0.05) is 12.6 Å². The van der Waals surface area contributed by atoms with Crippen LogP contribution in [0.3, 0.4) is 0 Å². The van der Waals surface area contributed by atoms with Gasteiger partial charge in [-0.1, -0.05) is 19.9 Å². The van der Waals surface area contributed by atoms with Crippen LogP contribution in [-0.4, -0.2) is 45.7 Å². The summed E-state index contributed by atoms with van der Waals surface area (Å²) in [6.07, 6.45) is 0. The van der Waals surface area contributed by atoms with Gasteiger partial charge >= 0.3 is 11.7 Å². The van der Waals surface area contributed by atoms with Gasteiger partial charge in [0.15, 0.2) is 0 Å². The Morgan fingerprint density at radius 2 is 1.96 bits per heavy atom. The SMILES string of the molecule is CCN(CC)Cc1c(C(=O)O)[nH]c(=O)n(-c2cccc(OC)c2)c1=O. The van der Waals surface area contributed by atoms with Crippen LogP contribution in [0.25, 0.3) is 5.69 Å². The Labute approximate surface area is 144 Å². The second kappa shape index (κ2) is 7.80. The van der Waals surface area contributed by atoms with E-state index in [0.29, 0.717) is 24.5 Å². The highest BCUT2D eigenvalue weighted by atomic mass is 16.5. The fourth-order valence-corrected chi connectivity index (χ4v) is 2.56. The minimum atomic E-state index is -1.34. The molecule has 8 heteroatoms. The van der Waals surface area contributed by atoms with Crippen molar-refractivity contribution in [2.45, 2.75) is 20.4 Å². The predicted octanol–water partition coefficient (Wildman–Crippen LogP) is 1.07. The number of aromatic nitrogens is 2. The lowest BCUT2D eigenvalue weighted by Gasteiger charge is -2.19. The number of hydrogen-bond donors (Lipinski definition) is 2. The number of H-pyrrole nitrogens is 1. The van der Waals surface area contributed by atoms with E-state index in [1.165, 1.54) is 13.2 Å². The molecular weight excluding hydrogens is 326 g/mol. The number of benzene rings is 1. The molecule has 2 rings (SSSR count). The average molecular weight is 347 g/mol. The molecule has 0 aliphatic rings. The number of hydrogen-bond acceptors (Lipinski definition) is 5. The van der Waals surface area contributed by atoms with Gasteiger partial charge in [-0.3, -0.25) is 9.69 Å². The van der Waals surface area contributed by atoms with Crippen LogP contribution in [0.15, 0.2) is 33.9 Å². The van der Waals surface area contributed by atoms with Crippen molar-refractivity contribution in [2.75, 3.05) is 20.2 Å². The molecule has 0 fully saturated rings. The Hall–Kier alpha value is -2.87. The Bertz CT molecular complexity index is 881. The van der Waals surface area contributed by atoms with E-state index in [4.69, 9.17) is 4.74 Å². The molecule has 0 saturated heterocycles. The number of ether oxygens (including phenoxy) is 1. The Balaban J connectivity index is 2.72. The molecule has 0 saturated carbocycles. The predicted molar refractivity (Wildman–Crippen MR) is 92.8 cm³/mol. The molecule has 0 bridgehead atoms. The first kappa shape index (κ1) is 18.5. The zero-order valence-corrected chi connectivity index (χ0v) is 14.4. The standard InChI is InChI=1S/C17H21N3O5/c1-4-19(5-2)10-13-14(16(22)23)18-17(24)20(15(13)21)11-7-6-8-12(9-11)25-3/h6-9H,4-5,10H2,1-3H3,(H,18,24)(H,22,23). The quantitative estimate of drug-likeness (QED) is 0.776. The summed E-state index contributed by atoms with van der Waals surface area (Å²) in [6, 6.07) is 6.46. The van der Waals surface area contributed by atoms with Gasteiger partial charge in [0.05, 0.1) is 18.4 Å². The third-order valence-corrected chi connectivity index (χ3v) is 4.00. The monoisotopic (exact) mass is 347 g/mol. The van der Waals surface area contributed by atoms with Crippen molar-refractivity contribution in [3.63, 3.8) is 0 Å². The summed E-state index contributed by atoms with van der Waals surface area (Å²) in [4.78, 5) is 40.9. The zero-order valence-electron chi connectivity index (χ0n) is 14.4. The normalized spacial score (nSPS) is 10.9. The fraction of sp³-hybridized carbons (Fsp3) is 0.353. The van der Waals surface area contributed by atoms with Crippen molar-refractivity contribution in [2.24, 2.45) is 0 Å². The number of rotatable bonds is 7. The van der Waals surface area contributed by atoms with Crippen molar-refractivity contribution < 1.29 is 14.6 Å². The van der Waals surface area contributed by atoms with Crippen LogP contribution in [0.2, 0.25) is 0 Å². The summed E-state index contributed by atoms with van der Waals surface area (Å²) < 4.78 is 6.04. The molecule has 0 radical (unpaired) electrons. The van der Waals surface area contributed by atoms with Crippen LogP contribution in [0.4, 0.5) is 0 Å². The Morgan fingerprint density at radius 3 is 2.52 bits per heavy atom. The molecule has 1 heterocycles. The molecule has 0 aliphatic carbocycles. The maximum atomic E-state index is 12.9. The van der Waals surface area contributed by atoms with Crippen LogP contribution >= 0.6 is 0 Å². The van der Waals surface area contributed by atoms with Crippen molar-refractivity contribution in [3.8, 4) is 11.4 Å². The maximum absolute atomic E-state index is 12.9. The average Bonchev–Trinajstić information content (AvgIpc) is 2.60. The van der Waals surface area contributed by atoms with E-state index < -0.39 is 17.2 Å². The summed E-state index contributed by atoms with van der Waals surface area (Å²) in [5.74, 6) is -0.856. The van der Waals surface area contributed by atoms with E-state index in [9.17, 15) is 19.5 Å². The first-order valence-corrected chi connectivity index (χ1v) is 7.91. The molecule has 0 atom stereocenters. The number of methoxy groups -OCH3 is 1. The van der Waals surface area contributed by atoms with Crippen LogP contribution in [0.1, 0.15) is 29.9 Å². The van der Waals surface area contributed by atoms with Crippen molar-refractivity contribution >= 4 is 5.97 Å². The highest BCUT2D eigenvalue weighted by Crippen LogP contribution is 2.14. The van der Waals surface area contributed by atoms with Gasteiger partial charge in [0.1, 0.15) is 11.4 Å². The number of nitrogens with zero attached hydrogens (tertiary/aromatic N) is 2. The van der Waals surface area contributed by atoms with Gasteiger partial charge in [-0.15, -0.1) is 0 Å². The third-order valence-electron chi connectivity index (χ3n) is 4.00. The van der Waals surface area contributed by atoms with E-state index in [1.807, 2.05) is 18.7 Å². The van der Waals surface area contributed by atoms with Crippen molar-refractivity contribution in [3.05, 3.63) is 56.4 Å². The molecule has 0 unspecified atom stereocenters. The number of carbonyl (C=O) groups is 1. The number of carboxylic acids is 1. The third kappa shape index (κ3) is 3.80. The molecule has 1 aromatic carbocycles. The number of aromatic amines is 1. The van der Waals surface area contributed by atoms with Gasteiger partial charge in [0.2, 0.25) is 0 Å². The lowest BCUT2D eigenvalue weighted by molar-refractivity contribution is 0.0686. The van der Waals surface area contributed by atoms with Gasteiger partial charge in [-0.05, 0) is 25.2 Å². The van der Waals surface area contributed by atoms with Crippen molar-refractivity contribution in [1.82, 2.24) is 14.5 Å². The molecule has 2 N–H and O–H groups in total. The van der Waals surface area contributed by atoms with Gasteiger partial charge in [0.25, 0.3) is 5.56 Å². The lowest BCUT2D eigenvalue weighted by atomic mass is 10.2. The largest absolute Gasteiger partial charge is 0.497 e. The van der Waals surface area contributed by atoms with E-state index in [1.54, 1.807) is 18.2 Å². The second-order valence-electron chi connectivity index (χ2n) is 5.39. The minimum Gasteiger partial charge on any atom is -0.497 e. The topological polar surface area (TPSA) is 105 Å². The fourth-order valence-electron chi connectivity index (χ4n) is 2.56. The highest BCUT2D eigenvalue weighted by molar-refractivity contribution is 5.86. The second-order valence-corrected chi connectivity index (χ2v) is 5.39. The molecule has 0 spiro atoms. The number of nitrogens with one attached hydrogen (secondary N) is 1. The molecule has 134 valence electrons. The van der Waals surface area contributed by atoms with Crippen LogP contribution in [0, 0.1) is 0 Å². The lowest BCUT2D eigenvalue weighted by Crippen LogP contribution is -2.40. The van der Waals surface area contributed by atoms with E-state index in [2.05, 4.69) is 4.98 Å². The van der Waals surface area contributed by atoms with Gasteiger partial charge < -0.3 is 14.8 Å². The smallest absolute Gasteiger partial charge is 0.352 e. The first-order valence-electron chi connectivity index (χ1n) is 7.91. The van der Waals surface area contributed by atoms with E-state index >= 15 is 0 Å². The number of aromatic carboxylic acids is 1. The first-order chi connectivity index (χ1) is 11.9. The molecular formula is C17H21N3O5. The Morgan fingerprint density at radius 1 is 1.28 bits per heavy atom. The molecule has 25 heavy (non-hydrogen) atoms. The molecule has 1 aromatic heterocycles. The molecule has 8 nitrogen and oxygen atoms in total. The highest BCUT2D eigenvalue weighted by Gasteiger charge is 2.21. The van der Waals surface area contributed by atoms with E-state index in [-0.39, 0.29) is 17.8 Å². The molecule has 2 aromatic rings. The van der Waals surface area contributed by atoms with Crippen LogP contribution in [-0.2, 0) is 6.54 Å². The van der Waals surface area contributed by atoms with E-state index in [0.717, 1.165) is 4.57 Å². The summed E-state index contributed by atoms with van der Waals surface area (Å²) >= 11 is 0. The summed E-state index contributed by atoms with van der Waals surface area (Å²) in [6.45, 7) is 5.25. The van der Waals surface area contributed by atoms with Crippen molar-refractivity contribution in [1.29, 1.82) is 0 Å². The van der Waals surface area contributed by atoms with Crippen LogP contribution in [0.5, 0.6) is 5.75 Å². The zero-order chi connectivity index (χ0) is 18.6. The molecule has 0 amide bonds. The number of carboxylic acid groups (broad SMARTS) is 1. The Kier molecular flexibility index (Phi) is 5.76. The maximum Gasteiger partial charge on any atom is 0.352 e. The molecule has 0 aliphatic heterocycles. The summed E-state index contributed by atoms with van der Waals surface area (Å²) in [5, 5.41) is 9.36. The summed E-state index contributed by atoms with van der Waals surface area (Å²) in [7, 11) is 1.48.